The van der Waals surface area contributed by atoms with Gasteiger partial charge in [-0.3, -0.25) is 0 Å². The third kappa shape index (κ3) is 7.70. The lowest BCUT2D eigenvalue weighted by molar-refractivity contribution is -0.143. The maximum absolute atomic E-state index is 12.1. The maximum Gasteiger partial charge on any atom is 0.389 e. The zero-order chi connectivity index (χ0) is 14.2. The Hall–Kier alpha value is -1.53. The van der Waals surface area contributed by atoms with Gasteiger partial charge in [-0.2, -0.15) is 13.2 Å². The van der Waals surface area contributed by atoms with Gasteiger partial charge in [-0.1, -0.05) is 0 Å². The van der Waals surface area contributed by atoms with E-state index in [-0.39, 0.29) is 18.8 Å². The van der Waals surface area contributed by atoms with Gasteiger partial charge in [-0.05, 0) is 20.3 Å². The fraction of sp³-hybridized carbons (Fsp3) is 0.636. The lowest BCUT2D eigenvalue weighted by Crippen LogP contribution is -2.14. The summed E-state index contributed by atoms with van der Waals surface area (Å²) in [7, 11) is 0. The summed E-state index contributed by atoms with van der Waals surface area (Å²) in [6, 6.07) is 0. The molecule has 0 saturated carbocycles. The maximum atomic E-state index is 12.1. The predicted molar refractivity (Wildman–Crippen MR) is 56.6 cm³/mol. The van der Waals surface area contributed by atoms with Crippen molar-refractivity contribution < 1.29 is 32.2 Å². The highest BCUT2D eigenvalue weighted by Gasteiger charge is 2.28. The van der Waals surface area contributed by atoms with E-state index in [0.29, 0.717) is 0 Å². The normalized spacial score (nSPS) is 12.2. The Labute approximate surface area is 103 Å². The van der Waals surface area contributed by atoms with Gasteiger partial charge in [0.15, 0.2) is 0 Å². The number of rotatable bonds is 6. The Morgan fingerprint density at radius 3 is 2.11 bits per heavy atom. The molecule has 0 radical (unpaired) electrons. The predicted octanol–water partition coefficient (Wildman–Crippen LogP) is 2.38. The average Bonchev–Trinajstić information content (AvgIpc) is 2.23. The van der Waals surface area contributed by atoms with Gasteiger partial charge < -0.3 is 9.47 Å². The first-order valence-corrected chi connectivity index (χ1v) is 5.41. The van der Waals surface area contributed by atoms with Crippen molar-refractivity contribution in [3.63, 3.8) is 0 Å². The molecule has 0 spiro atoms. The summed E-state index contributed by atoms with van der Waals surface area (Å²) in [5.41, 5.74) is -0.340. The molecule has 104 valence electrons. The van der Waals surface area contributed by atoms with Crippen LogP contribution in [0.4, 0.5) is 13.2 Å². The number of halogens is 3. The van der Waals surface area contributed by atoms with Crippen molar-refractivity contribution in [2.75, 3.05) is 13.2 Å². The molecule has 0 amide bonds. The van der Waals surface area contributed by atoms with Gasteiger partial charge in [0.1, 0.15) is 0 Å². The van der Waals surface area contributed by atoms with Gasteiger partial charge in [-0.15, -0.1) is 0 Å². The topological polar surface area (TPSA) is 52.6 Å². The summed E-state index contributed by atoms with van der Waals surface area (Å²) >= 11 is 0. The number of hydrogen-bond acceptors (Lipinski definition) is 4. The number of carbonyl (C=O) groups is 2. The first-order valence-electron chi connectivity index (χ1n) is 5.41. The Balaban J connectivity index is 4.72. The molecule has 4 nitrogen and oxygen atoms in total. The van der Waals surface area contributed by atoms with Crippen molar-refractivity contribution in [3.8, 4) is 0 Å². The fourth-order valence-corrected chi connectivity index (χ4v) is 1.06. The molecule has 0 N–H and O–H groups in total. The van der Waals surface area contributed by atoms with Crippen LogP contribution in [0.1, 0.15) is 26.7 Å². The lowest BCUT2D eigenvalue weighted by atomic mass is 10.1. The molecule has 0 aromatic rings. The highest BCUT2D eigenvalue weighted by atomic mass is 19.4. The second-order valence-corrected chi connectivity index (χ2v) is 3.26. The molecular formula is C11H15F3O4. The van der Waals surface area contributed by atoms with Crippen LogP contribution >= 0.6 is 0 Å². The third-order valence-electron chi connectivity index (χ3n) is 1.79. The molecule has 0 aromatic heterocycles. The van der Waals surface area contributed by atoms with Crippen LogP contribution in [0.5, 0.6) is 0 Å². The van der Waals surface area contributed by atoms with E-state index >= 15 is 0 Å². The van der Waals surface area contributed by atoms with Crippen molar-refractivity contribution in [2.45, 2.75) is 32.9 Å². The van der Waals surface area contributed by atoms with Crippen molar-refractivity contribution in [1.29, 1.82) is 0 Å². The molecule has 0 saturated heterocycles. The summed E-state index contributed by atoms with van der Waals surface area (Å²) in [6.07, 6.45) is -5.47. The Kier molecular flexibility index (Phi) is 7.07. The van der Waals surface area contributed by atoms with Crippen molar-refractivity contribution in [1.82, 2.24) is 0 Å². The standard InChI is InChI=1S/C11H15F3O4/c1-3-17-9(15)7-8(10(16)18-4-2)5-6-11(12,13)14/h7H,3-6H2,1-2H3. The first kappa shape index (κ1) is 16.5. The van der Waals surface area contributed by atoms with E-state index < -0.39 is 31.0 Å². The highest BCUT2D eigenvalue weighted by Crippen LogP contribution is 2.24. The lowest BCUT2D eigenvalue weighted by Gasteiger charge is -2.09. The monoisotopic (exact) mass is 268 g/mol. The molecule has 0 aliphatic heterocycles. The van der Waals surface area contributed by atoms with Crippen molar-refractivity contribution in [2.24, 2.45) is 0 Å². The van der Waals surface area contributed by atoms with Gasteiger partial charge in [0.05, 0.1) is 13.2 Å². The van der Waals surface area contributed by atoms with Crippen LogP contribution in [0.2, 0.25) is 0 Å². The highest BCUT2D eigenvalue weighted by molar-refractivity contribution is 5.96. The minimum absolute atomic E-state index is 0.0189. The SMILES string of the molecule is CCOC(=O)C=C(CCC(F)(F)F)C(=O)OCC. The zero-order valence-electron chi connectivity index (χ0n) is 10.2. The van der Waals surface area contributed by atoms with Crippen LogP contribution in [0.3, 0.4) is 0 Å². The molecule has 0 rings (SSSR count). The van der Waals surface area contributed by atoms with E-state index in [0.717, 1.165) is 6.08 Å². The van der Waals surface area contributed by atoms with Crippen LogP contribution in [-0.4, -0.2) is 31.3 Å². The average molecular weight is 268 g/mol. The van der Waals surface area contributed by atoms with E-state index in [1.165, 1.54) is 6.92 Å². The molecule has 0 unspecified atom stereocenters. The molecular weight excluding hydrogens is 253 g/mol. The van der Waals surface area contributed by atoms with E-state index in [1.54, 1.807) is 6.92 Å². The zero-order valence-corrected chi connectivity index (χ0v) is 10.2. The number of ether oxygens (including phenoxy) is 2. The number of alkyl halides is 3. The minimum atomic E-state index is -4.40. The molecule has 0 bridgehead atoms. The molecule has 7 heteroatoms. The van der Waals surface area contributed by atoms with Crippen LogP contribution in [0.25, 0.3) is 0 Å². The molecule has 0 heterocycles. The summed E-state index contributed by atoms with van der Waals surface area (Å²) in [5, 5.41) is 0. The summed E-state index contributed by atoms with van der Waals surface area (Å²) in [4.78, 5) is 22.4. The summed E-state index contributed by atoms with van der Waals surface area (Å²) in [6.45, 7) is 3.16. The Bertz CT molecular complexity index is 321. The largest absolute Gasteiger partial charge is 0.463 e. The van der Waals surface area contributed by atoms with Crippen LogP contribution in [0.15, 0.2) is 11.6 Å². The molecule has 18 heavy (non-hydrogen) atoms. The Morgan fingerprint density at radius 2 is 1.67 bits per heavy atom. The van der Waals surface area contributed by atoms with Crippen molar-refractivity contribution >= 4 is 11.9 Å². The van der Waals surface area contributed by atoms with E-state index in [9.17, 15) is 22.8 Å². The number of hydrogen-bond donors (Lipinski definition) is 0. The van der Waals surface area contributed by atoms with Gasteiger partial charge in [0.2, 0.25) is 0 Å². The van der Waals surface area contributed by atoms with Crippen LogP contribution < -0.4 is 0 Å². The number of esters is 2. The first-order chi connectivity index (χ1) is 8.30. The van der Waals surface area contributed by atoms with Gasteiger partial charge in [-0.25, -0.2) is 9.59 Å². The van der Waals surface area contributed by atoms with Crippen molar-refractivity contribution in [3.05, 3.63) is 11.6 Å². The minimum Gasteiger partial charge on any atom is -0.463 e. The van der Waals surface area contributed by atoms with Gasteiger partial charge >= 0.3 is 18.1 Å². The molecule has 0 fully saturated rings. The second-order valence-electron chi connectivity index (χ2n) is 3.26. The molecule has 0 aliphatic rings. The van der Waals surface area contributed by atoms with Gasteiger partial charge in [0, 0.05) is 18.1 Å². The Morgan fingerprint density at radius 1 is 1.11 bits per heavy atom. The smallest absolute Gasteiger partial charge is 0.389 e. The molecule has 0 atom stereocenters. The van der Waals surface area contributed by atoms with Gasteiger partial charge in [0.25, 0.3) is 0 Å². The molecule has 0 aliphatic carbocycles. The van der Waals surface area contributed by atoms with E-state index in [1.807, 2.05) is 0 Å². The summed E-state index contributed by atoms with van der Waals surface area (Å²) < 4.78 is 45.3. The van der Waals surface area contributed by atoms with E-state index in [4.69, 9.17) is 0 Å². The third-order valence-corrected chi connectivity index (χ3v) is 1.79. The second kappa shape index (κ2) is 7.73. The number of carbonyl (C=O) groups excluding carboxylic acids is 2. The fourth-order valence-electron chi connectivity index (χ4n) is 1.06. The summed E-state index contributed by atoms with van der Waals surface area (Å²) in [5.74, 6) is -1.79. The quantitative estimate of drug-likeness (QED) is 0.548. The van der Waals surface area contributed by atoms with Crippen LogP contribution in [-0.2, 0) is 19.1 Å². The van der Waals surface area contributed by atoms with Crippen LogP contribution in [0, 0.1) is 0 Å². The molecule has 0 aromatic carbocycles. The van der Waals surface area contributed by atoms with E-state index in [2.05, 4.69) is 9.47 Å².